The Balaban J connectivity index is 2.00. The van der Waals surface area contributed by atoms with Crippen molar-refractivity contribution in [2.24, 2.45) is 5.73 Å². The number of ether oxygens (including phenoxy) is 3. The van der Waals surface area contributed by atoms with E-state index in [4.69, 9.17) is 19.9 Å². The Morgan fingerprint density at radius 3 is 2.31 bits per heavy atom. The van der Waals surface area contributed by atoms with E-state index >= 15 is 0 Å². The maximum absolute atomic E-state index is 12.4. The van der Waals surface area contributed by atoms with E-state index in [0.29, 0.717) is 12.3 Å². The molecule has 1 aliphatic heterocycles. The number of nitrogens with one attached hydrogen (secondary N) is 1. The molecule has 142 valence electrons. The summed E-state index contributed by atoms with van der Waals surface area (Å²) >= 11 is 0. The highest BCUT2D eigenvalue weighted by Gasteiger charge is 2.50. The highest BCUT2D eigenvalue weighted by Crippen LogP contribution is 2.30. The molecule has 26 heavy (non-hydrogen) atoms. The minimum atomic E-state index is -1.02. The normalized spacial score (nSPS) is 20.0. The minimum Gasteiger partial charge on any atom is -0.444 e. The monoisotopic (exact) mass is 364 g/mol. The zero-order chi connectivity index (χ0) is 19.5. The van der Waals surface area contributed by atoms with Crippen LogP contribution in [0.3, 0.4) is 0 Å². The van der Waals surface area contributed by atoms with Crippen molar-refractivity contribution in [1.29, 1.82) is 0 Å². The summed E-state index contributed by atoms with van der Waals surface area (Å²) in [5.41, 5.74) is 4.83. The summed E-state index contributed by atoms with van der Waals surface area (Å²) in [6.45, 7) is 7.25. The number of primary amides is 1. The Morgan fingerprint density at radius 2 is 1.85 bits per heavy atom. The first-order chi connectivity index (χ1) is 12.0. The molecule has 0 aromatic heterocycles. The number of hydrogen-bond donors (Lipinski definition) is 2. The second-order valence-electron chi connectivity index (χ2n) is 7.34. The standard InChI is InChI=1S/C18H24N2O6/c1-17(2,3)26-16(23)20-12-7-5-11(6-8-12)9-13(25-15(19)22)14(21)18(4)10-24-18/h5-8,13H,9-10H2,1-4H3,(H2,19,22)(H,20,23)/t13-,18-/m0/s1. The molecular formula is C18H24N2O6. The van der Waals surface area contributed by atoms with Gasteiger partial charge in [0.2, 0.25) is 5.78 Å². The molecule has 0 radical (unpaired) electrons. The van der Waals surface area contributed by atoms with Gasteiger partial charge >= 0.3 is 12.2 Å². The van der Waals surface area contributed by atoms with Gasteiger partial charge in [-0.05, 0) is 45.4 Å². The second kappa shape index (κ2) is 7.33. The average molecular weight is 364 g/mol. The lowest BCUT2D eigenvalue weighted by Crippen LogP contribution is -2.39. The number of amides is 2. The van der Waals surface area contributed by atoms with Crippen LogP contribution >= 0.6 is 0 Å². The molecule has 2 atom stereocenters. The van der Waals surface area contributed by atoms with Crippen molar-refractivity contribution in [3.63, 3.8) is 0 Å². The number of Topliss-reactive ketones (excluding diaryl/α,β-unsaturated/α-hetero) is 1. The maximum atomic E-state index is 12.4. The lowest BCUT2D eigenvalue weighted by molar-refractivity contribution is -0.131. The molecule has 8 nitrogen and oxygen atoms in total. The van der Waals surface area contributed by atoms with Gasteiger partial charge in [-0.25, -0.2) is 9.59 Å². The molecule has 0 unspecified atom stereocenters. The van der Waals surface area contributed by atoms with Crippen molar-refractivity contribution < 1.29 is 28.6 Å². The van der Waals surface area contributed by atoms with Crippen LogP contribution in [0.25, 0.3) is 0 Å². The van der Waals surface area contributed by atoms with Gasteiger partial charge in [-0.3, -0.25) is 10.1 Å². The molecule has 0 aliphatic carbocycles. The van der Waals surface area contributed by atoms with Crippen molar-refractivity contribution in [3.05, 3.63) is 29.8 Å². The highest BCUT2D eigenvalue weighted by atomic mass is 16.6. The van der Waals surface area contributed by atoms with Crippen molar-refractivity contribution >= 4 is 23.7 Å². The lowest BCUT2D eigenvalue weighted by atomic mass is 9.97. The second-order valence-corrected chi connectivity index (χ2v) is 7.34. The molecule has 1 aromatic carbocycles. The van der Waals surface area contributed by atoms with Crippen LogP contribution in [-0.2, 0) is 25.4 Å². The van der Waals surface area contributed by atoms with Crippen molar-refractivity contribution in [1.82, 2.24) is 0 Å². The predicted molar refractivity (Wildman–Crippen MR) is 93.8 cm³/mol. The van der Waals surface area contributed by atoms with Crippen LogP contribution < -0.4 is 11.1 Å². The molecule has 1 aromatic rings. The topological polar surface area (TPSA) is 120 Å². The predicted octanol–water partition coefficient (Wildman–Crippen LogP) is 2.40. The van der Waals surface area contributed by atoms with Crippen LogP contribution in [0.1, 0.15) is 33.3 Å². The van der Waals surface area contributed by atoms with Gasteiger partial charge in [0.05, 0.1) is 6.61 Å². The van der Waals surface area contributed by atoms with Gasteiger partial charge in [-0.2, -0.15) is 0 Å². The summed E-state index contributed by atoms with van der Waals surface area (Å²) in [5.74, 6) is -0.327. The molecule has 8 heteroatoms. The maximum Gasteiger partial charge on any atom is 0.412 e. The molecule has 0 bridgehead atoms. The molecule has 1 heterocycles. The fourth-order valence-electron chi connectivity index (χ4n) is 2.28. The molecule has 2 amide bonds. The molecule has 2 rings (SSSR count). The van der Waals surface area contributed by atoms with Crippen LogP contribution in [0.2, 0.25) is 0 Å². The number of nitrogens with two attached hydrogens (primary N) is 1. The third-order valence-corrected chi connectivity index (χ3v) is 3.67. The van der Waals surface area contributed by atoms with E-state index < -0.39 is 29.5 Å². The van der Waals surface area contributed by atoms with Crippen molar-refractivity contribution in [2.75, 3.05) is 11.9 Å². The van der Waals surface area contributed by atoms with Crippen LogP contribution in [-0.4, -0.2) is 41.9 Å². The van der Waals surface area contributed by atoms with Gasteiger partial charge in [0, 0.05) is 12.1 Å². The molecule has 0 spiro atoms. The van der Waals surface area contributed by atoms with Gasteiger partial charge in [-0.1, -0.05) is 12.1 Å². The number of epoxide rings is 1. The molecule has 1 fully saturated rings. The third kappa shape index (κ3) is 5.73. The average Bonchev–Trinajstić information content (AvgIpc) is 3.24. The van der Waals surface area contributed by atoms with Gasteiger partial charge in [0.1, 0.15) is 5.60 Å². The summed E-state index contributed by atoms with van der Waals surface area (Å²) in [4.78, 5) is 35.2. The Hall–Kier alpha value is -2.61. The Kier molecular flexibility index (Phi) is 5.56. The minimum absolute atomic E-state index is 0.160. The van der Waals surface area contributed by atoms with E-state index in [1.165, 1.54) is 0 Å². The SMILES string of the molecule is CC(C)(C)OC(=O)Nc1ccc(C[C@H](OC(N)=O)C(=O)[C@]2(C)CO2)cc1. The first kappa shape index (κ1) is 19.7. The number of anilines is 1. The first-order valence-electron chi connectivity index (χ1n) is 8.22. The fraction of sp³-hybridized carbons (Fsp3) is 0.500. The summed E-state index contributed by atoms with van der Waals surface area (Å²) in [6, 6.07) is 6.77. The van der Waals surface area contributed by atoms with Gasteiger partial charge in [-0.15, -0.1) is 0 Å². The number of carbonyl (C=O) groups excluding carboxylic acids is 3. The number of benzene rings is 1. The van der Waals surface area contributed by atoms with E-state index in [1.807, 2.05) is 0 Å². The highest BCUT2D eigenvalue weighted by molar-refractivity contribution is 5.94. The molecule has 1 aliphatic rings. The van der Waals surface area contributed by atoms with Gasteiger partial charge in [0.25, 0.3) is 0 Å². The van der Waals surface area contributed by atoms with E-state index in [2.05, 4.69) is 5.32 Å². The Bertz CT molecular complexity index is 689. The summed E-state index contributed by atoms with van der Waals surface area (Å²) in [5, 5.41) is 2.61. The number of carbonyl (C=O) groups is 3. The fourth-order valence-corrected chi connectivity index (χ4v) is 2.28. The summed E-state index contributed by atoms with van der Waals surface area (Å²) in [7, 11) is 0. The van der Waals surface area contributed by atoms with E-state index in [-0.39, 0.29) is 12.2 Å². The number of rotatable bonds is 6. The third-order valence-electron chi connectivity index (χ3n) is 3.67. The Morgan fingerprint density at radius 1 is 1.27 bits per heavy atom. The summed E-state index contributed by atoms with van der Waals surface area (Å²) < 4.78 is 15.2. The van der Waals surface area contributed by atoms with Crippen LogP contribution in [0.15, 0.2) is 24.3 Å². The van der Waals surface area contributed by atoms with Gasteiger partial charge in [0.15, 0.2) is 11.7 Å². The Labute approximate surface area is 152 Å². The largest absolute Gasteiger partial charge is 0.444 e. The smallest absolute Gasteiger partial charge is 0.412 e. The number of hydrogen-bond acceptors (Lipinski definition) is 6. The van der Waals surface area contributed by atoms with E-state index in [1.54, 1.807) is 52.0 Å². The van der Waals surface area contributed by atoms with Gasteiger partial charge < -0.3 is 19.9 Å². The van der Waals surface area contributed by atoms with E-state index in [9.17, 15) is 14.4 Å². The molecule has 3 N–H and O–H groups in total. The quantitative estimate of drug-likeness (QED) is 0.748. The van der Waals surface area contributed by atoms with Crippen LogP contribution in [0, 0.1) is 0 Å². The zero-order valence-electron chi connectivity index (χ0n) is 15.3. The summed E-state index contributed by atoms with van der Waals surface area (Å²) in [6.07, 6.45) is -2.44. The number of ketones is 1. The molecule has 1 saturated heterocycles. The first-order valence-corrected chi connectivity index (χ1v) is 8.22. The zero-order valence-corrected chi connectivity index (χ0v) is 15.3. The lowest BCUT2D eigenvalue weighted by Gasteiger charge is -2.20. The van der Waals surface area contributed by atoms with E-state index in [0.717, 1.165) is 5.56 Å². The van der Waals surface area contributed by atoms with Crippen LogP contribution in [0.5, 0.6) is 0 Å². The van der Waals surface area contributed by atoms with Crippen LogP contribution in [0.4, 0.5) is 15.3 Å². The molecule has 0 saturated carbocycles. The molecular weight excluding hydrogens is 340 g/mol. The van der Waals surface area contributed by atoms with Crippen molar-refractivity contribution in [3.8, 4) is 0 Å². The van der Waals surface area contributed by atoms with Crippen molar-refractivity contribution in [2.45, 2.75) is 51.4 Å².